The summed E-state index contributed by atoms with van der Waals surface area (Å²) in [7, 11) is 0. The van der Waals surface area contributed by atoms with Crippen molar-refractivity contribution in [3.63, 3.8) is 0 Å². The van der Waals surface area contributed by atoms with Gasteiger partial charge in [-0.05, 0) is 5.56 Å². The summed E-state index contributed by atoms with van der Waals surface area (Å²) in [6.07, 6.45) is -3.92. The van der Waals surface area contributed by atoms with Crippen LogP contribution in [0.15, 0.2) is 30.3 Å². The second-order valence-corrected chi connectivity index (χ2v) is 4.74. The number of rotatable bonds is 4. The highest BCUT2D eigenvalue weighted by Crippen LogP contribution is 2.47. The van der Waals surface area contributed by atoms with Gasteiger partial charge in [0.05, 0.1) is 13.2 Å². The molecule has 2 aliphatic heterocycles. The molecule has 5 atom stereocenters. The predicted molar refractivity (Wildman–Crippen MR) is 62.8 cm³/mol. The van der Waals surface area contributed by atoms with Gasteiger partial charge in [-0.2, -0.15) is 0 Å². The van der Waals surface area contributed by atoms with E-state index in [0.29, 0.717) is 0 Å². The van der Waals surface area contributed by atoms with Crippen LogP contribution in [0, 0.1) is 0 Å². The summed E-state index contributed by atoms with van der Waals surface area (Å²) in [5.74, 6) is -1.35. The lowest BCUT2D eigenvalue weighted by atomic mass is 10.0. The zero-order chi connectivity index (χ0) is 13.5. The average Bonchev–Trinajstić information content (AvgIpc) is 3.17. The van der Waals surface area contributed by atoms with Crippen LogP contribution in [-0.4, -0.2) is 52.3 Å². The first kappa shape index (κ1) is 13.0. The van der Waals surface area contributed by atoms with Crippen LogP contribution in [0.5, 0.6) is 0 Å². The molecule has 0 amide bonds. The van der Waals surface area contributed by atoms with Crippen LogP contribution in [0.4, 0.5) is 0 Å². The van der Waals surface area contributed by atoms with Gasteiger partial charge in [-0.25, -0.2) is 0 Å². The molecule has 0 spiro atoms. The minimum atomic E-state index is -1.35. The van der Waals surface area contributed by atoms with Crippen LogP contribution >= 0.6 is 0 Å². The number of hydrogen-bond acceptors (Lipinski definition) is 6. The van der Waals surface area contributed by atoms with Gasteiger partial charge in [0.1, 0.15) is 18.3 Å². The van der Waals surface area contributed by atoms with Crippen molar-refractivity contribution < 1.29 is 29.5 Å². The largest absolute Gasteiger partial charge is 0.394 e. The molecule has 0 aromatic heterocycles. The topological polar surface area (TPSA) is 91.7 Å². The number of fused-ring (bicyclic) bond motifs is 1. The molecule has 3 unspecified atom stereocenters. The Morgan fingerprint density at radius 1 is 1.11 bits per heavy atom. The van der Waals surface area contributed by atoms with Crippen LogP contribution in [0.3, 0.4) is 0 Å². The second kappa shape index (κ2) is 4.82. The second-order valence-electron chi connectivity index (χ2n) is 4.74. The number of benzene rings is 1. The van der Waals surface area contributed by atoms with Crippen molar-refractivity contribution in [1.29, 1.82) is 0 Å². The minimum Gasteiger partial charge on any atom is -0.394 e. The van der Waals surface area contributed by atoms with Crippen LogP contribution in [-0.2, 0) is 20.8 Å². The number of ether oxygens (including phenoxy) is 3. The molecular weight excluding hydrogens is 252 g/mol. The number of aliphatic hydroxyl groups is 3. The summed E-state index contributed by atoms with van der Waals surface area (Å²) < 4.78 is 16.2. The van der Waals surface area contributed by atoms with Gasteiger partial charge in [-0.3, -0.25) is 0 Å². The molecule has 6 heteroatoms. The van der Waals surface area contributed by atoms with Crippen molar-refractivity contribution in [2.45, 2.75) is 37.0 Å². The predicted octanol–water partition coefficient (Wildman–Crippen LogP) is -0.631. The lowest BCUT2D eigenvalue weighted by Crippen LogP contribution is -2.53. The lowest BCUT2D eigenvalue weighted by Gasteiger charge is -2.32. The molecule has 2 fully saturated rings. The standard InChI is InChI=1S/C13H16O6/c14-6-9-10(15)11(16)12-13(18-9,19-12)17-7-8-4-2-1-3-5-8/h1-5,9-12,14-16H,6-7H2/t9?,10-,11?,12?,13+/m1/s1. The summed E-state index contributed by atoms with van der Waals surface area (Å²) in [4.78, 5) is 0. The molecule has 0 aliphatic carbocycles. The highest BCUT2D eigenvalue weighted by Gasteiger charge is 2.70. The first-order chi connectivity index (χ1) is 9.16. The monoisotopic (exact) mass is 268 g/mol. The quantitative estimate of drug-likeness (QED) is 0.630. The minimum absolute atomic E-state index is 0.262. The van der Waals surface area contributed by atoms with E-state index in [1.165, 1.54) is 0 Å². The highest BCUT2D eigenvalue weighted by atomic mass is 17.0. The highest BCUT2D eigenvalue weighted by molar-refractivity contribution is 5.14. The van der Waals surface area contributed by atoms with E-state index in [0.717, 1.165) is 5.56 Å². The first-order valence-electron chi connectivity index (χ1n) is 6.17. The number of hydrogen-bond donors (Lipinski definition) is 3. The maximum Gasteiger partial charge on any atom is 0.315 e. The summed E-state index contributed by atoms with van der Waals surface area (Å²) in [6, 6.07) is 9.46. The molecule has 0 radical (unpaired) electrons. The third-order valence-corrected chi connectivity index (χ3v) is 3.40. The van der Waals surface area contributed by atoms with Crippen LogP contribution in [0.2, 0.25) is 0 Å². The van der Waals surface area contributed by atoms with E-state index in [1.807, 2.05) is 30.3 Å². The van der Waals surface area contributed by atoms with Crippen molar-refractivity contribution >= 4 is 0 Å². The molecular formula is C13H16O6. The maximum absolute atomic E-state index is 9.81. The van der Waals surface area contributed by atoms with E-state index >= 15 is 0 Å². The molecule has 0 bridgehead atoms. The van der Waals surface area contributed by atoms with Gasteiger partial charge in [0, 0.05) is 0 Å². The van der Waals surface area contributed by atoms with Gasteiger partial charge < -0.3 is 29.5 Å². The molecule has 2 saturated heterocycles. The van der Waals surface area contributed by atoms with Crippen LogP contribution in [0.25, 0.3) is 0 Å². The number of epoxide rings is 1. The van der Waals surface area contributed by atoms with Crippen molar-refractivity contribution in [3.8, 4) is 0 Å². The zero-order valence-corrected chi connectivity index (χ0v) is 10.2. The first-order valence-corrected chi connectivity index (χ1v) is 6.17. The van der Waals surface area contributed by atoms with Gasteiger partial charge >= 0.3 is 5.97 Å². The van der Waals surface area contributed by atoms with E-state index in [9.17, 15) is 10.2 Å². The SMILES string of the molecule is OCC1O[C@]2(OCc3ccccc3)OC2C(O)[C@@H]1O. The average molecular weight is 268 g/mol. The Morgan fingerprint density at radius 2 is 1.84 bits per heavy atom. The lowest BCUT2D eigenvalue weighted by molar-refractivity contribution is -0.292. The third-order valence-electron chi connectivity index (χ3n) is 3.40. The van der Waals surface area contributed by atoms with Crippen molar-refractivity contribution in [1.82, 2.24) is 0 Å². The van der Waals surface area contributed by atoms with Crippen LogP contribution < -0.4 is 0 Å². The molecule has 6 nitrogen and oxygen atoms in total. The Labute approximate surface area is 110 Å². The summed E-state index contributed by atoms with van der Waals surface area (Å²) in [5.41, 5.74) is 0.941. The van der Waals surface area contributed by atoms with Gasteiger partial charge in [-0.15, -0.1) is 0 Å². The Hall–Kier alpha value is -1.02. The fraction of sp³-hybridized carbons (Fsp3) is 0.538. The Morgan fingerprint density at radius 3 is 2.53 bits per heavy atom. The molecule has 3 rings (SSSR count). The molecule has 2 heterocycles. The Bertz CT molecular complexity index is 438. The fourth-order valence-electron chi connectivity index (χ4n) is 2.25. The van der Waals surface area contributed by atoms with Gasteiger partial charge in [-0.1, -0.05) is 30.3 Å². The molecule has 104 valence electrons. The van der Waals surface area contributed by atoms with E-state index in [1.54, 1.807) is 0 Å². The Balaban J connectivity index is 1.65. The smallest absolute Gasteiger partial charge is 0.315 e. The number of aliphatic hydroxyl groups excluding tert-OH is 3. The van der Waals surface area contributed by atoms with Crippen molar-refractivity contribution in [3.05, 3.63) is 35.9 Å². The molecule has 19 heavy (non-hydrogen) atoms. The van der Waals surface area contributed by atoms with E-state index < -0.39 is 37.0 Å². The molecule has 2 aliphatic rings. The van der Waals surface area contributed by atoms with Crippen LogP contribution in [0.1, 0.15) is 5.56 Å². The van der Waals surface area contributed by atoms with E-state index in [2.05, 4.69) is 0 Å². The molecule has 1 aromatic carbocycles. The van der Waals surface area contributed by atoms with E-state index in [-0.39, 0.29) is 6.61 Å². The van der Waals surface area contributed by atoms with Crippen molar-refractivity contribution in [2.24, 2.45) is 0 Å². The van der Waals surface area contributed by atoms with E-state index in [4.69, 9.17) is 19.3 Å². The summed E-state index contributed by atoms with van der Waals surface area (Å²) in [6.45, 7) is -0.150. The third kappa shape index (κ3) is 2.27. The molecule has 0 saturated carbocycles. The van der Waals surface area contributed by atoms with Crippen molar-refractivity contribution in [2.75, 3.05) is 6.61 Å². The van der Waals surface area contributed by atoms with Gasteiger partial charge in [0.2, 0.25) is 0 Å². The zero-order valence-electron chi connectivity index (χ0n) is 10.2. The maximum atomic E-state index is 9.81. The molecule has 3 N–H and O–H groups in total. The summed E-state index contributed by atoms with van der Waals surface area (Å²) in [5, 5.41) is 28.6. The fourth-order valence-corrected chi connectivity index (χ4v) is 2.25. The summed E-state index contributed by atoms with van der Waals surface area (Å²) >= 11 is 0. The molecule has 1 aromatic rings. The normalized spacial score (nSPS) is 40.8. The van der Waals surface area contributed by atoms with Gasteiger partial charge in [0.25, 0.3) is 0 Å². The Kier molecular flexibility index (Phi) is 3.30. The van der Waals surface area contributed by atoms with Gasteiger partial charge in [0.15, 0.2) is 6.10 Å².